The molecule has 0 saturated heterocycles. The number of benzene rings is 1. The highest BCUT2D eigenvalue weighted by molar-refractivity contribution is 8.03. The molecule has 0 amide bonds. The fourth-order valence-electron chi connectivity index (χ4n) is 1.91. The lowest BCUT2D eigenvalue weighted by atomic mass is 10.2. The van der Waals surface area contributed by atoms with Crippen LogP contribution >= 0.6 is 23.5 Å². The average Bonchev–Trinajstić information content (AvgIpc) is 2.27. The highest BCUT2D eigenvalue weighted by atomic mass is 32.2. The summed E-state index contributed by atoms with van der Waals surface area (Å²) in [5, 5.41) is 0.655. The second-order valence-corrected chi connectivity index (χ2v) is 10.7. The van der Waals surface area contributed by atoms with E-state index in [1.165, 1.54) is 11.2 Å². The van der Waals surface area contributed by atoms with Crippen LogP contribution in [0.25, 0.3) is 10.9 Å². The maximum Gasteiger partial charge on any atom is 0.280 e. The second kappa shape index (κ2) is 5.69. The zero-order chi connectivity index (χ0) is 15.8. The first kappa shape index (κ1) is 16.4. The Balaban J connectivity index is 2.62. The van der Waals surface area contributed by atoms with Gasteiger partial charge in [-0.05, 0) is 12.1 Å². The Kier molecular flexibility index (Phi) is 4.45. The summed E-state index contributed by atoms with van der Waals surface area (Å²) in [7, 11) is 0. The van der Waals surface area contributed by atoms with Crippen molar-refractivity contribution < 1.29 is 0 Å². The molecule has 0 atom stereocenters. The van der Waals surface area contributed by atoms with E-state index in [0.717, 1.165) is 10.4 Å². The van der Waals surface area contributed by atoms with Crippen LogP contribution in [0.15, 0.2) is 33.0 Å². The summed E-state index contributed by atoms with van der Waals surface area (Å²) < 4.78 is 0.212. The lowest BCUT2D eigenvalue weighted by Crippen LogP contribution is -2.11. The number of H-pyrrole nitrogens is 1. The fourth-order valence-corrected chi connectivity index (χ4v) is 4.15. The van der Waals surface area contributed by atoms with Gasteiger partial charge < -0.3 is 4.98 Å². The number of nitrogens with zero attached hydrogens (tertiary/aromatic N) is 1. The molecule has 1 N–H and O–H groups in total. The summed E-state index contributed by atoms with van der Waals surface area (Å²) >= 11 is 3.62. The quantitative estimate of drug-likeness (QED) is 0.814. The van der Waals surface area contributed by atoms with Gasteiger partial charge in [-0.2, -0.15) is 4.98 Å². The molecule has 2 aromatic rings. The van der Waals surface area contributed by atoms with Crippen molar-refractivity contribution in [1.29, 1.82) is 0 Å². The van der Waals surface area contributed by atoms with Crippen LogP contribution in [0.1, 0.15) is 41.5 Å². The molecule has 2 rings (SSSR count). The van der Waals surface area contributed by atoms with Crippen molar-refractivity contribution in [3.63, 3.8) is 0 Å². The van der Waals surface area contributed by atoms with Crippen molar-refractivity contribution in [2.45, 2.75) is 60.8 Å². The molecule has 0 spiro atoms. The molecule has 1 heterocycles. The predicted molar refractivity (Wildman–Crippen MR) is 93.6 cm³/mol. The van der Waals surface area contributed by atoms with Crippen LogP contribution in [0.5, 0.6) is 0 Å². The predicted octanol–water partition coefficient (Wildman–Crippen LogP) is 4.70. The van der Waals surface area contributed by atoms with Gasteiger partial charge in [-0.25, -0.2) is 0 Å². The largest absolute Gasteiger partial charge is 0.346 e. The summed E-state index contributed by atoms with van der Waals surface area (Å²) in [6.07, 6.45) is 1.47. The maximum absolute atomic E-state index is 11.9. The average molecular weight is 322 g/mol. The van der Waals surface area contributed by atoms with E-state index in [1.807, 2.05) is 17.8 Å². The maximum atomic E-state index is 11.9. The van der Waals surface area contributed by atoms with Crippen LogP contribution in [0.2, 0.25) is 0 Å². The zero-order valence-electron chi connectivity index (χ0n) is 13.4. The van der Waals surface area contributed by atoms with E-state index >= 15 is 0 Å². The molecule has 21 heavy (non-hydrogen) atoms. The molecule has 1 aromatic carbocycles. The van der Waals surface area contributed by atoms with Crippen molar-refractivity contribution in [3.8, 4) is 0 Å². The normalized spacial score (nSPS) is 12.9. The minimum Gasteiger partial charge on any atom is -0.346 e. The molecular weight excluding hydrogens is 300 g/mol. The number of rotatable bonds is 2. The molecule has 0 fully saturated rings. The third-order valence-electron chi connectivity index (χ3n) is 2.55. The smallest absolute Gasteiger partial charge is 0.280 e. The lowest BCUT2D eigenvalue weighted by Gasteiger charge is -2.24. The third-order valence-corrected chi connectivity index (χ3v) is 5.02. The van der Waals surface area contributed by atoms with Crippen LogP contribution < -0.4 is 5.56 Å². The van der Waals surface area contributed by atoms with Gasteiger partial charge in [0.15, 0.2) is 0 Å². The van der Waals surface area contributed by atoms with Crippen molar-refractivity contribution in [2.24, 2.45) is 0 Å². The Morgan fingerprint density at radius 3 is 2.00 bits per heavy atom. The first-order valence-electron chi connectivity index (χ1n) is 6.95. The third kappa shape index (κ3) is 4.51. The fraction of sp³-hybridized carbons (Fsp3) is 0.500. The van der Waals surface area contributed by atoms with E-state index < -0.39 is 0 Å². The monoisotopic (exact) mass is 322 g/mol. The van der Waals surface area contributed by atoms with E-state index in [0.29, 0.717) is 5.39 Å². The van der Waals surface area contributed by atoms with Gasteiger partial charge in [0.25, 0.3) is 5.56 Å². The van der Waals surface area contributed by atoms with Crippen molar-refractivity contribution in [3.05, 3.63) is 28.8 Å². The highest BCUT2D eigenvalue weighted by Gasteiger charge is 2.20. The molecule has 1 aromatic heterocycles. The molecular formula is C16H22N2OS2. The van der Waals surface area contributed by atoms with Gasteiger partial charge in [-0.3, -0.25) is 4.79 Å². The first-order chi connectivity index (χ1) is 9.55. The summed E-state index contributed by atoms with van der Waals surface area (Å²) in [4.78, 5) is 21.2. The number of aromatic amines is 1. The van der Waals surface area contributed by atoms with Crippen LogP contribution in [-0.4, -0.2) is 19.5 Å². The molecule has 0 bridgehead atoms. The molecule has 0 aliphatic rings. The molecule has 3 nitrogen and oxygen atoms in total. The lowest BCUT2D eigenvalue weighted by molar-refractivity contribution is 0.795. The zero-order valence-corrected chi connectivity index (χ0v) is 15.0. The molecule has 0 radical (unpaired) electrons. The van der Waals surface area contributed by atoms with Crippen LogP contribution in [0.4, 0.5) is 0 Å². The molecule has 0 saturated carbocycles. The molecule has 5 heteroatoms. The Morgan fingerprint density at radius 2 is 1.48 bits per heavy atom. The second-order valence-electron chi connectivity index (χ2n) is 6.98. The summed E-state index contributed by atoms with van der Waals surface area (Å²) in [6, 6.07) is 4.05. The van der Waals surface area contributed by atoms with E-state index in [-0.39, 0.29) is 15.1 Å². The number of hydrogen-bond donors (Lipinski definition) is 1. The number of hydrogen-bond acceptors (Lipinski definition) is 4. The first-order valence-corrected chi connectivity index (χ1v) is 8.58. The number of aromatic nitrogens is 2. The summed E-state index contributed by atoms with van der Waals surface area (Å²) in [6.45, 7) is 13.1. The standard InChI is InChI=1S/C16H22N2OS2/c1-15(2,3)20-12-7-10-11(17-9-18-14(10)19)8-13(12)21-16(4,5)6/h7-9H,1-6H3,(H,17,18,19). The Bertz CT molecular complexity index is 709. The summed E-state index contributed by atoms with van der Waals surface area (Å²) in [5.41, 5.74) is 0.673. The SMILES string of the molecule is CC(C)(C)Sc1cc2[nH]cnc(=O)c2cc1SC(C)(C)C. The Hall–Kier alpha value is -0.940. The minimum atomic E-state index is -0.174. The van der Waals surface area contributed by atoms with E-state index in [4.69, 9.17) is 0 Å². The van der Waals surface area contributed by atoms with Crippen molar-refractivity contribution in [1.82, 2.24) is 9.97 Å². The highest BCUT2D eigenvalue weighted by Crippen LogP contribution is 2.43. The molecule has 0 aliphatic carbocycles. The van der Waals surface area contributed by atoms with Crippen molar-refractivity contribution >= 4 is 34.4 Å². The van der Waals surface area contributed by atoms with Gasteiger partial charge in [0, 0.05) is 19.3 Å². The Morgan fingerprint density at radius 1 is 0.952 bits per heavy atom. The number of thioether (sulfide) groups is 2. The van der Waals surface area contributed by atoms with Gasteiger partial charge in [-0.15, -0.1) is 23.5 Å². The van der Waals surface area contributed by atoms with E-state index in [1.54, 1.807) is 11.8 Å². The topological polar surface area (TPSA) is 45.8 Å². The van der Waals surface area contributed by atoms with Crippen molar-refractivity contribution in [2.75, 3.05) is 0 Å². The van der Waals surface area contributed by atoms with Gasteiger partial charge in [0.1, 0.15) is 0 Å². The molecule has 0 unspecified atom stereocenters. The Labute approximate surface area is 134 Å². The molecule has 114 valence electrons. The van der Waals surface area contributed by atoms with Crippen LogP contribution in [-0.2, 0) is 0 Å². The molecule has 0 aliphatic heterocycles. The van der Waals surface area contributed by atoms with E-state index in [2.05, 4.69) is 57.6 Å². The van der Waals surface area contributed by atoms with Gasteiger partial charge in [0.05, 0.1) is 17.2 Å². The van der Waals surface area contributed by atoms with Gasteiger partial charge >= 0.3 is 0 Å². The van der Waals surface area contributed by atoms with E-state index in [9.17, 15) is 4.79 Å². The minimum absolute atomic E-state index is 0.0931. The number of nitrogens with one attached hydrogen (secondary N) is 1. The van der Waals surface area contributed by atoms with Gasteiger partial charge in [0.2, 0.25) is 0 Å². The number of fused-ring (bicyclic) bond motifs is 1. The summed E-state index contributed by atoms with van der Waals surface area (Å²) in [5.74, 6) is 0. The van der Waals surface area contributed by atoms with Gasteiger partial charge in [-0.1, -0.05) is 41.5 Å². The van der Waals surface area contributed by atoms with Crippen LogP contribution in [0, 0.1) is 0 Å². The van der Waals surface area contributed by atoms with Crippen LogP contribution in [0.3, 0.4) is 0 Å².